The Morgan fingerprint density at radius 2 is 1.77 bits per heavy atom. The number of ether oxygens (including phenoxy) is 2. The maximum absolute atomic E-state index is 12.9. The molecule has 1 aliphatic carbocycles. The van der Waals surface area contributed by atoms with Crippen molar-refractivity contribution in [2.45, 2.75) is 44.3 Å². The van der Waals surface area contributed by atoms with Crippen LogP contribution in [0, 0.1) is 5.92 Å². The normalized spacial score (nSPS) is 19.2. The molecule has 162 valence electrons. The van der Waals surface area contributed by atoms with Crippen LogP contribution in [0.3, 0.4) is 0 Å². The summed E-state index contributed by atoms with van der Waals surface area (Å²) in [5, 5.41) is 2.78. The number of hydrogen-bond donors (Lipinski definition) is 1. The number of benzene rings is 1. The number of methoxy groups -OCH3 is 2. The van der Waals surface area contributed by atoms with Crippen molar-refractivity contribution in [1.82, 2.24) is 15.3 Å². The molecule has 1 aromatic carbocycles. The number of hydrogen-bond acceptors (Lipinski definition) is 5. The number of nitrogens with zero attached hydrogens (tertiary/aromatic N) is 2. The van der Waals surface area contributed by atoms with Crippen LogP contribution in [-0.2, 0) is 17.5 Å². The highest BCUT2D eigenvalue weighted by Crippen LogP contribution is 2.38. The summed E-state index contributed by atoms with van der Waals surface area (Å²) in [5.74, 6) is 0.370. The molecule has 3 rings (SSSR count). The zero-order chi connectivity index (χ0) is 21.7. The van der Waals surface area contributed by atoms with Gasteiger partial charge in [0.15, 0.2) is 0 Å². The summed E-state index contributed by atoms with van der Waals surface area (Å²) in [6, 6.07) is 6.52. The van der Waals surface area contributed by atoms with Crippen LogP contribution in [-0.4, -0.2) is 30.1 Å². The molecule has 30 heavy (non-hydrogen) atoms. The molecule has 1 aromatic heterocycles. The summed E-state index contributed by atoms with van der Waals surface area (Å²) in [4.78, 5) is 21.7. The van der Waals surface area contributed by atoms with E-state index < -0.39 is 11.7 Å². The fourth-order valence-corrected chi connectivity index (χ4v) is 3.73. The molecule has 0 unspecified atom stereocenters. The molecule has 9 heteroatoms. The molecular formula is C21H24F3N3O3. The van der Waals surface area contributed by atoms with Crippen molar-refractivity contribution in [3.63, 3.8) is 0 Å². The molecule has 1 fully saturated rings. The highest BCUT2D eigenvalue weighted by atomic mass is 19.4. The number of nitrogens with one attached hydrogen (secondary N) is 1. The van der Waals surface area contributed by atoms with Crippen LogP contribution in [0.15, 0.2) is 30.3 Å². The van der Waals surface area contributed by atoms with Gasteiger partial charge in [-0.05, 0) is 30.5 Å². The third-order valence-electron chi connectivity index (χ3n) is 5.27. The zero-order valence-corrected chi connectivity index (χ0v) is 16.8. The molecule has 6 nitrogen and oxygen atoms in total. The fourth-order valence-electron chi connectivity index (χ4n) is 3.73. The minimum Gasteiger partial charge on any atom is -0.481 e. The predicted octanol–water partition coefficient (Wildman–Crippen LogP) is 4.10. The van der Waals surface area contributed by atoms with Gasteiger partial charge in [-0.25, -0.2) is 0 Å². The molecule has 0 radical (unpaired) electrons. The lowest BCUT2D eigenvalue weighted by Gasteiger charge is -2.29. The van der Waals surface area contributed by atoms with Crippen LogP contribution in [0.25, 0.3) is 0 Å². The minimum atomic E-state index is -4.42. The molecule has 0 saturated heterocycles. The molecule has 1 amide bonds. The van der Waals surface area contributed by atoms with E-state index in [1.807, 2.05) is 0 Å². The topological polar surface area (TPSA) is 73.3 Å². The van der Waals surface area contributed by atoms with Crippen LogP contribution in [0.2, 0.25) is 0 Å². The predicted molar refractivity (Wildman–Crippen MR) is 103 cm³/mol. The third kappa shape index (κ3) is 5.20. The van der Waals surface area contributed by atoms with Crippen molar-refractivity contribution in [1.29, 1.82) is 0 Å². The molecular weight excluding hydrogens is 399 g/mol. The second-order valence-electron chi connectivity index (χ2n) is 7.22. The number of aromatic nitrogens is 2. The third-order valence-corrected chi connectivity index (χ3v) is 5.27. The number of amides is 1. The molecule has 1 N–H and O–H groups in total. The average molecular weight is 423 g/mol. The lowest BCUT2D eigenvalue weighted by molar-refractivity contribution is -0.137. The van der Waals surface area contributed by atoms with Gasteiger partial charge in [0.2, 0.25) is 17.7 Å². The van der Waals surface area contributed by atoms with E-state index in [1.54, 1.807) is 12.1 Å². The number of rotatable bonds is 6. The number of carbonyl (C=O) groups is 1. The summed E-state index contributed by atoms with van der Waals surface area (Å²) in [6.07, 6.45) is -1.21. The standard InChI is InChI=1S/C21H24F3N3O3/c1-29-17-11-18(30-2)27-19(26-17)15-8-3-4-9-16(15)20(28)25-12-13-6-5-7-14(10-13)21(22,23)24/h5-7,10-11,15-16H,3-4,8-9,12H2,1-2H3,(H,25,28)/t15-,16-/m0/s1. The van der Waals surface area contributed by atoms with Crippen LogP contribution < -0.4 is 14.8 Å². The van der Waals surface area contributed by atoms with Crippen molar-refractivity contribution >= 4 is 5.91 Å². The first kappa shape index (κ1) is 21.9. The monoisotopic (exact) mass is 423 g/mol. The molecule has 2 aromatic rings. The highest BCUT2D eigenvalue weighted by Gasteiger charge is 2.35. The second kappa shape index (κ2) is 9.32. The van der Waals surface area contributed by atoms with Gasteiger partial charge in [-0.1, -0.05) is 25.0 Å². The first-order chi connectivity index (χ1) is 14.3. The Kier molecular flexibility index (Phi) is 6.79. The highest BCUT2D eigenvalue weighted by molar-refractivity contribution is 5.79. The number of carbonyl (C=O) groups excluding carboxylic acids is 1. The fraction of sp³-hybridized carbons (Fsp3) is 0.476. The molecule has 1 aliphatic rings. The molecule has 2 atom stereocenters. The minimum absolute atomic E-state index is 0.0221. The van der Waals surface area contributed by atoms with E-state index in [0.717, 1.165) is 31.4 Å². The summed E-state index contributed by atoms with van der Waals surface area (Å²) in [7, 11) is 2.98. The Balaban J connectivity index is 1.74. The Morgan fingerprint density at radius 1 is 1.10 bits per heavy atom. The molecule has 1 heterocycles. The maximum Gasteiger partial charge on any atom is 0.416 e. The average Bonchev–Trinajstić information content (AvgIpc) is 2.76. The molecule has 0 aliphatic heterocycles. The summed E-state index contributed by atoms with van der Waals surface area (Å²) >= 11 is 0. The Labute approximate surface area is 172 Å². The van der Waals surface area contributed by atoms with E-state index >= 15 is 0 Å². The van der Waals surface area contributed by atoms with E-state index in [9.17, 15) is 18.0 Å². The van der Waals surface area contributed by atoms with Crippen LogP contribution in [0.1, 0.15) is 48.6 Å². The zero-order valence-electron chi connectivity index (χ0n) is 16.8. The maximum atomic E-state index is 12.9. The van der Waals surface area contributed by atoms with Gasteiger partial charge in [-0.3, -0.25) is 4.79 Å². The van der Waals surface area contributed by atoms with Gasteiger partial charge in [0, 0.05) is 18.4 Å². The van der Waals surface area contributed by atoms with Crippen molar-refractivity contribution < 1.29 is 27.4 Å². The van der Waals surface area contributed by atoms with Gasteiger partial charge in [0.1, 0.15) is 5.82 Å². The van der Waals surface area contributed by atoms with E-state index in [-0.39, 0.29) is 24.3 Å². The Hall–Kier alpha value is -2.84. The quantitative estimate of drug-likeness (QED) is 0.757. The largest absolute Gasteiger partial charge is 0.481 e. The lowest BCUT2D eigenvalue weighted by Crippen LogP contribution is -2.36. The van der Waals surface area contributed by atoms with Gasteiger partial charge in [-0.15, -0.1) is 0 Å². The van der Waals surface area contributed by atoms with Gasteiger partial charge in [0.25, 0.3) is 0 Å². The molecule has 0 spiro atoms. The van der Waals surface area contributed by atoms with Crippen molar-refractivity contribution in [2.24, 2.45) is 5.92 Å². The van der Waals surface area contributed by atoms with Gasteiger partial charge < -0.3 is 14.8 Å². The summed E-state index contributed by atoms with van der Waals surface area (Å²) in [6.45, 7) is 0.0221. The molecule has 1 saturated carbocycles. The smallest absolute Gasteiger partial charge is 0.416 e. The Morgan fingerprint density at radius 3 is 2.40 bits per heavy atom. The van der Waals surface area contributed by atoms with E-state index in [0.29, 0.717) is 29.6 Å². The second-order valence-corrected chi connectivity index (χ2v) is 7.22. The van der Waals surface area contributed by atoms with Crippen molar-refractivity contribution in [3.05, 3.63) is 47.3 Å². The van der Waals surface area contributed by atoms with Crippen molar-refractivity contribution in [2.75, 3.05) is 14.2 Å². The van der Waals surface area contributed by atoms with Crippen LogP contribution in [0.4, 0.5) is 13.2 Å². The SMILES string of the molecule is COc1cc(OC)nc([C@H]2CCCC[C@@H]2C(=O)NCc2cccc(C(F)(F)F)c2)n1. The first-order valence-electron chi connectivity index (χ1n) is 9.72. The van der Waals surface area contributed by atoms with Crippen LogP contribution >= 0.6 is 0 Å². The van der Waals surface area contributed by atoms with Crippen LogP contribution in [0.5, 0.6) is 11.8 Å². The lowest BCUT2D eigenvalue weighted by atomic mass is 9.78. The first-order valence-corrected chi connectivity index (χ1v) is 9.72. The van der Waals surface area contributed by atoms with Crippen molar-refractivity contribution in [3.8, 4) is 11.8 Å². The number of alkyl halides is 3. The summed E-state index contributed by atoms with van der Waals surface area (Å²) in [5.41, 5.74) is -0.341. The summed E-state index contributed by atoms with van der Waals surface area (Å²) < 4.78 is 49.1. The Bertz CT molecular complexity index is 867. The molecule has 0 bridgehead atoms. The van der Waals surface area contributed by atoms with E-state index in [2.05, 4.69) is 15.3 Å². The van der Waals surface area contributed by atoms with E-state index in [1.165, 1.54) is 20.3 Å². The van der Waals surface area contributed by atoms with Gasteiger partial charge in [-0.2, -0.15) is 23.1 Å². The van der Waals surface area contributed by atoms with E-state index in [4.69, 9.17) is 9.47 Å². The van der Waals surface area contributed by atoms with Gasteiger partial charge >= 0.3 is 6.18 Å². The van der Waals surface area contributed by atoms with Gasteiger partial charge in [0.05, 0.1) is 25.8 Å². The number of halogens is 3.